The van der Waals surface area contributed by atoms with Crippen molar-refractivity contribution in [2.45, 2.75) is 39.5 Å². The van der Waals surface area contributed by atoms with Crippen molar-refractivity contribution in [1.82, 2.24) is 9.97 Å². The van der Waals surface area contributed by atoms with Crippen molar-refractivity contribution in [2.75, 3.05) is 0 Å². The summed E-state index contributed by atoms with van der Waals surface area (Å²) in [6.07, 6.45) is 3.53. The highest BCUT2D eigenvalue weighted by Crippen LogP contribution is 2.22. The quantitative estimate of drug-likeness (QED) is 0.800. The van der Waals surface area contributed by atoms with E-state index in [1.165, 1.54) is 5.56 Å². The van der Waals surface area contributed by atoms with Gasteiger partial charge in [-0.1, -0.05) is 45.0 Å². The van der Waals surface area contributed by atoms with Gasteiger partial charge in [0.2, 0.25) is 0 Å². The Bertz CT molecular complexity index is 592. The summed E-state index contributed by atoms with van der Waals surface area (Å²) in [5.74, 6) is 0.000934. The molecule has 0 radical (unpaired) electrons. The molecule has 0 N–H and O–H groups in total. The molecule has 20 heavy (non-hydrogen) atoms. The van der Waals surface area contributed by atoms with Crippen LogP contribution in [0.3, 0.4) is 0 Å². The highest BCUT2D eigenvalue weighted by molar-refractivity contribution is 5.95. The van der Waals surface area contributed by atoms with Crippen LogP contribution in [0.2, 0.25) is 0 Å². The van der Waals surface area contributed by atoms with Crippen molar-refractivity contribution in [3.63, 3.8) is 0 Å². The van der Waals surface area contributed by atoms with Crippen molar-refractivity contribution in [2.24, 2.45) is 0 Å². The fourth-order valence-electron chi connectivity index (χ4n) is 1.94. The van der Waals surface area contributed by atoms with Crippen molar-refractivity contribution < 1.29 is 4.79 Å². The summed E-state index contributed by atoms with van der Waals surface area (Å²) in [5.41, 5.74) is 3.64. The average Bonchev–Trinajstić information content (AvgIpc) is 2.39. The average molecular weight is 268 g/mol. The van der Waals surface area contributed by atoms with Crippen molar-refractivity contribution in [3.8, 4) is 0 Å². The third-order valence-electron chi connectivity index (χ3n) is 3.25. The van der Waals surface area contributed by atoms with E-state index in [0.29, 0.717) is 12.1 Å². The molecule has 2 rings (SSSR count). The van der Waals surface area contributed by atoms with E-state index in [0.717, 1.165) is 11.3 Å². The van der Waals surface area contributed by atoms with Crippen LogP contribution in [0.15, 0.2) is 36.7 Å². The number of carbonyl (C=O) groups is 1. The smallest absolute Gasteiger partial charge is 0.187 e. The van der Waals surface area contributed by atoms with E-state index in [1.807, 2.05) is 19.1 Å². The van der Waals surface area contributed by atoms with Crippen LogP contribution >= 0.6 is 0 Å². The third kappa shape index (κ3) is 3.50. The Morgan fingerprint density at radius 1 is 1.05 bits per heavy atom. The lowest BCUT2D eigenvalue weighted by molar-refractivity contribution is 0.0988. The molecule has 0 amide bonds. The fourth-order valence-corrected chi connectivity index (χ4v) is 1.94. The molecule has 0 aliphatic rings. The van der Waals surface area contributed by atoms with Gasteiger partial charge in [0, 0.05) is 12.6 Å². The summed E-state index contributed by atoms with van der Waals surface area (Å²) in [4.78, 5) is 20.3. The minimum Gasteiger partial charge on any atom is -0.292 e. The van der Waals surface area contributed by atoms with E-state index in [4.69, 9.17) is 0 Å². The zero-order chi connectivity index (χ0) is 14.8. The van der Waals surface area contributed by atoms with Gasteiger partial charge < -0.3 is 0 Å². The maximum absolute atomic E-state index is 12.1. The molecule has 1 heterocycles. The molecule has 0 aliphatic heterocycles. The predicted octanol–water partition coefficient (Wildman–Crippen LogP) is 3.51. The van der Waals surface area contributed by atoms with Crippen LogP contribution in [-0.2, 0) is 11.8 Å². The lowest BCUT2D eigenvalue weighted by Crippen LogP contribution is -2.11. The maximum atomic E-state index is 12.1. The number of benzene rings is 1. The number of hydrogen-bond acceptors (Lipinski definition) is 3. The monoisotopic (exact) mass is 268 g/mol. The Labute approximate surface area is 120 Å². The Morgan fingerprint density at radius 2 is 1.70 bits per heavy atom. The molecule has 3 nitrogen and oxygen atoms in total. The number of aryl methyl sites for hydroxylation is 1. The first-order chi connectivity index (χ1) is 9.36. The van der Waals surface area contributed by atoms with Crippen LogP contribution in [0.1, 0.15) is 48.1 Å². The van der Waals surface area contributed by atoms with Crippen molar-refractivity contribution >= 4 is 5.78 Å². The molecule has 0 saturated heterocycles. The van der Waals surface area contributed by atoms with Gasteiger partial charge >= 0.3 is 0 Å². The van der Waals surface area contributed by atoms with Gasteiger partial charge in [0.15, 0.2) is 5.78 Å². The van der Waals surface area contributed by atoms with E-state index in [-0.39, 0.29) is 11.2 Å². The Hall–Kier alpha value is -2.03. The molecule has 0 aliphatic carbocycles. The van der Waals surface area contributed by atoms with Gasteiger partial charge in [0.05, 0.1) is 11.9 Å². The summed E-state index contributed by atoms with van der Waals surface area (Å²) in [7, 11) is 0. The first-order valence-electron chi connectivity index (χ1n) is 6.77. The van der Waals surface area contributed by atoms with Gasteiger partial charge in [-0.05, 0) is 23.5 Å². The lowest BCUT2D eigenvalue weighted by atomic mass is 9.86. The van der Waals surface area contributed by atoms with Crippen LogP contribution in [0.4, 0.5) is 0 Å². The number of rotatable bonds is 3. The maximum Gasteiger partial charge on any atom is 0.187 e. The van der Waals surface area contributed by atoms with Gasteiger partial charge in [-0.15, -0.1) is 0 Å². The van der Waals surface area contributed by atoms with E-state index >= 15 is 0 Å². The SMILES string of the molecule is Cc1cnc(C(=O)Cc2ccc(C(C)(C)C)cc2)cn1. The molecule has 0 fully saturated rings. The third-order valence-corrected chi connectivity index (χ3v) is 3.25. The zero-order valence-corrected chi connectivity index (χ0v) is 12.5. The van der Waals surface area contributed by atoms with E-state index < -0.39 is 0 Å². The zero-order valence-electron chi connectivity index (χ0n) is 12.5. The summed E-state index contributed by atoms with van der Waals surface area (Å²) >= 11 is 0. The standard InChI is InChI=1S/C17H20N2O/c1-12-10-19-15(11-18-12)16(20)9-13-5-7-14(8-6-13)17(2,3)4/h5-8,10-11H,9H2,1-4H3. The predicted molar refractivity (Wildman–Crippen MR) is 79.9 cm³/mol. The number of Topliss-reactive ketones (excluding diaryl/α,β-unsaturated/α-hetero) is 1. The first kappa shape index (κ1) is 14.4. The number of ketones is 1. The molecule has 0 unspecified atom stereocenters. The molecule has 3 heteroatoms. The molecule has 104 valence electrons. The lowest BCUT2D eigenvalue weighted by Gasteiger charge is -2.19. The molecule has 0 saturated carbocycles. The van der Waals surface area contributed by atoms with Gasteiger partial charge in [0.1, 0.15) is 5.69 Å². The molecule has 2 aromatic rings. The number of aromatic nitrogens is 2. The Kier molecular flexibility index (Phi) is 3.98. The number of carbonyl (C=O) groups excluding carboxylic acids is 1. The van der Waals surface area contributed by atoms with Crippen LogP contribution in [0, 0.1) is 6.92 Å². The minimum atomic E-state index is 0.000934. The molecule has 1 aromatic heterocycles. The first-order valence-corrected chi connectivity index (χ1v) is 6.77. The van der Waals surface area contributed by atoms with Crippen molar-refractivity contribution in [3.05, 3.63) is 59.2 Å². The highest BCUT2D eigenvalue weighted by Gasteiger charge is 2.14. The summed E-state index contributed by atoms with van der Waals surface area (Å²) in [6, 6.07) is 8.20. The second-order valence-corrected chi connectivity index (χ2v) is 6.09. The van der Waals surface area contributed by atoms with E-state index in [9.17, 15) is 4.79 Å². The fraction of sp³-hybridized carbons (Fsp3) is 0.353. The summed E-state index contributed by atoms with van der Waals surface area (Å²) in [6.45, 7) is 8.38. The largest absolute Gasteiger partial charge is 0.292 e. The summed E-state index contributed by atoms with van der Waals surface area (Å²) < 4.78 is 0. The van der Waals surface area contributed by atoms with Gasteiger partial charge in [0.25, 0.3) is 0 Å². The molecular weight excluding hydrogens is 248 g/mol. The molecule has 0 spiro atoms. The molecular formula is C17H20N2O. The Morgan fingerprint density at radius 3 is 2.20 bits per heavy atom. The summed E-state index contributed by atoms with van der Waals surface area (Å²) in [5, 5.41) is 0. The van der Waals surface area contributed by atoms with Gasteiger partial charge in [-0.3, -0.25) is 9.78 Å². The second kappa shape index (κ2) is 5.53. The minimum absolute atomic E-state index is 0.000934. The van der Waals surface area contributed by atoms with Crippen molar-refractivity contribution in [1.29, 1.82) is 0 Å². The molecule has 0 bridgehead atoms. The second-order valence-electron chi connectivity index (χ2n) is 6.09. The van der Waals surface area contributed by atoms with Gasteiger partial charge in [-0.25, -0.2) is 4.98 Å². The number of nitrogens with zero attached hydrogens (tertiary/aromatic N) is 2. The van der Waals surface area contributed by atoms with Gasteiger partial charge in [-0.2, -0.15) is 0 Å². The van der Waals surface area contributed by atoms with Crippen LogP contribution in [-0.4, -0.2) is 15.8 Å². The van der Waals surface area contributed by atoms with Crippen LogP contribution in [0.25, 0.3) is 0 Å². The normalized spacial score (nSPS) is 11.4. The van der Waals surface area contributed by atoms with E-state index in [2.05, 4.69) is 42.9 Å². The van der Waals surface area contributed by atoms with Crippen LogP contribution in [0.5, 0.6) is 0 Å². The highest BCUT2D eigenvalue weighted by atomic mass is 16.1. The topological polar surface area (TPSA) is 42.9 Å². The molecule has 0 atom stereocenters. The number of hydrogen-bond donors (Lipinski definition) is 0. The molecule has 1 aromatic carbocycles. The van der Waals surface area contributed by atoms with E-state index in [1.54, 1.807) is 12.4 Å². The Balaban J connectivity index is 2.10. The van der Waals surface area contributed by atoms with Crippen LogP contribution < -0.4 is 0 Å².